The minimum absolute atomic E-state index is 0.0910. The van der Waals surface area contributed by atoms with Gasteiger partial charge in [0.15, 0.2) is 0 Å². The zero-order valence-corrected chi connectivity index (χ0v) is 8.26. The first-order chi connectivity index (χ1) is 5.35. The van der Waals surface area contributed by atoms with Gasteiger partial charge < -0.3 is 9.84 Å². The number of rotatable bonds is 3. The largest absolute Gasteiger partial charge is 0.460 e. The predicted molar refractivity (Wildman–Crippen MR) is 46.8 cm³/mol. The fourth-order valence-electron chi connectivity index (χ4n) is 0.720. The highest BCUT2D eigenvalue weighted by molar-refractivity contribution is 5.70. The van der Waals surface area contributed by atoms with Gasteiger partial charge in [0.2, 0.25) is 0 Å². The molecule has 12 heavy (non-hydrogen) atoms. The molecule has 0 aromatic carbocycles. The molecule has 0 heterocycles. The fraction of sp³-hybridized carbons (Fsp3) is 0.889. The van der Waals surface area contributed by atoms with Gasteiger partial charge in [0.25, 0.3) is 0 Å². The first kappa shape index (κ1) is 11.4. The van der Waals surface area contributed by atoms with E-state index in [4.69, 9.17) is 9.84 Å². The summed E-state index contributed by atoms with van der Waals surface area (Å²) in [7, 11) is 0. The van der Waals surface area contributed by atoms with Gasteiger partial charge in [-0.3, -0.25) is 4.79 Å². The molecule has 0 spiro atoms. The lowest BCUT2D eigenvalue weighted by Gasteiger charge is -2.20. The standard InChI is InChI=1S/C9H18O3/c1-5-7(10)6-8(11)12-9(2,3)4/h7,10H,5-6H2,1-4H3/t7-/m1/s1. The van der Waals surface area contributed by atoms with E-state index in [0.29, 0.717) is 6.42 Å². The van der Waals surface area contributed by atoms with E-state index in [-0.39, 0.29) is 12.4 Å². The van der Waals surface area contributed by atoms with Crippen molar-refractivity contribution in [2.24, 2.45) is 0 Å². The number of hydrogen-bond donors (Lipinski definition) is 1. The molecule has 0 aliphatic carbocycles. The molecule has 1 atom stereocenters. The van der Waals surface area contributed by atoms with Gasteiger partial charge >= 0.3 is 5.97 Å². The van der Waals surface area contributed by atoms with Crippen molar-refractivity contribution in [1.82, 2.24) is 0 Å². The maximum absolute atomic E-state index is 11.0. The molecule has 0 rings (SSSR count). The third kappa shape index (κ3) is 6.16. The molecular formula is C9H18O3. The Morgan fingerprint density at radius 2 is 2.00 bits per heavy atom. The summed E-state index contributed by atoms with van der Waals surface area (Å²) in [5.41, 5.74) is -0.454. The van der Waals surface area contributed by atoms with Crippen molar-refractivity contribution in [3.8, 4) is 0 Å². The second kappa shape index (κ2) is 4.45. The molecule has 3 nitrogen and oxygen atoms in total. The predicted octanol–water partition coefficient (Wildman–Crippen LogP) is 1.49. The third-order valence-corrected chi connectivity index (χ3v) is 1.29. The molecule has 0 bridgehead atoms. The fourth-order valence-corrected chi connectivity index (χ4v) is 0.720. The number of esters is 1. The lowest BCUT2D eigenvalue weighted by molar-refractivity contribution is -0.157. The molecule has 0 saturated carbocycles. The van der Waals surface area contributed by atoms with E-state index in [0.717, 1.165) is 0 Å². The SMILES string of the molecule is CC[C@@H](O)CC(=O)OC(C)(C)C. The molecule has 0 fully saturated rings. The van der Waals surface area contributed by atoms with Gasteiger partial charge in [0, 0.05) is 0 Å². The lowest BCUT2D eigenvalue weighted by atomic mass is 10.1. The van der Waals surface area contributed by atoms with Crippen LogP contribution in [0.3, 0.4) is 0 Å². The van der Waals surface area contributed by atoms with Crippen LogP contribution < -0.4 is 0 Å². The number of carbonyl (C=O) groups is 1. The molecule has 0 aromatic rings. The Morgan fingerprint density at radius 3 is 2.33 bits per heavy atom. The first-order valence-corrected chi connectivity index (χ1v) is 4.25. The summed E-state index contributed by atoms with van der Waals surface area (Å²) < 4.78 is 5.01. The van der Waals surface area contributed by atoms with Crippen molar-refractivity contribution in [2.45, 2.75) is 52.2 Å². The summed E-state index contributed by atoms with van der Waals surface area (Å²) in [5.74, 6) is -0.336. The minimum atomic E-state index is -0.570. The molecule has 0 radical (unpaired) electrons. The highest BCUT2D eigenvalue weighted by Crippen LogP contribution is 2.09. The average molecular weight is 174 g/mol. The van der Waals surface area contributed by atoms with E-state index in [1.54, 1.807) is 0 Å². The van der Waals surface area contributed by atoms with Gasteiger partial charge in [-0.05, 0) is 27.2 Å². The van der Waals surface area contributed by atoms with E-state index >= 15 is 0 Å². The van der Waals surface area contributed by atoms with Crippen LogP contribution in [0.4, 0.5) is 0 Å². The molecule has 0 amide bonds. The first-order valence-electron chi connectivity index (χ1n) is 4.25. The van der Waals surface area contributed by atoms with Crippen LogP contribution >= 0.6 is 0 Å². The monoisotopic (exact) mass is 174 g/mol. The number of ether oxygens (including phenoxy) is 1. The molecule has 0 aromatic heterocycles. The van der Waals surface area contributed by atoms with E-state index in [1.165, 1.54) is 0 Å². The zero-order valence-electron chi connectivity index (χ0n) is 8.26. The Bertz CT molecular complexity index is 146. The van der Waals surface area contributed by atoms with Gasteiger partial charge in [-0.2, -0.15) is 0 Å². The number of hydrogen-bond acceptors (Lipinski definition) is 3. The average Bonchev–Trinajstić information content (AvgIpc) is 1.82. The second-order valence-corrected chi connectivity index (χ2v) is 3.85. The topological polar surface area (TPSA) is 46.5 Å². The Balaban J connectivity index is 3.75. The van der Waals surface area contributed by atoms with Crippen molar-refractivity contribution in [2.75, 3.05) is 0 Å². The summed E-state index contributed by atoms with van der Waals surface area (Å²) >= 11 is 0. The van der Waals surface area contributed by atoms with Crippen LogP contribution in [0.25, 0.3) is 0 Å². The maximum atomic E-state index is 11.0. The summed E-state index contributed by atoms with van der Waals surface area (Å²) in [5, 5.41) is 9.12. The lowest BCUT2D eigenvalue weighted by Crippen LogP contribution is -2.26. The van der Waals surface area contributed by atoms with E-state index in [9.17, 15) is 4.79 Å². The Morgan fingerprint density at radius 1 is 1.50 bits per heavy atom. The van der Waals surface area contributed by atoms with E-state index in [1.807, 2.05) is 27.7 Å². The Hall–Kier alpha value is -0.570. The van der Waals surface area contributed by atoms with Crippen LogP contribution in [0.1, 0.15) is 40.5 Å². The molecule has 1 N–H and O–H groups in total. The number of aliphatic hydroxyl groups excluding tert-OH is 1. The highest BCUT2D eigenvalue weighted by Gasteiger charge is 2.18. The number of aliphatic hydroxyl groups is 1. The third-order valence-electron chi connectivity index (χ3n) is 1.29. The normalized spacial score (nSPS) is 14.1. The van der Waals surface area contributed by atoms with Crippen LogP contribution in [-0.2, 0) is 9.53 Å². The van der Waals surface area contributed by atoms with Crippen molar-refractivity contribution in [3.05, 3.63) is 0 Å². The van der Waals surface area contributed by atoms with Crippen LogP contribution in [0, 0.1) is 0 Å². The number of carbonyl (C=O) groups excluding carboxylic acids is 1. The van der Waals surface area contributed by atoms with Crippen LogP contribution in [0.5, 0.6) is 0 Å². The van der Waals surface area contributed by atoms with Crippen molar-refractivity contribution in [3.63, 3.8) is 0 Å². The van der Waals surface area contributed by atoms with Crippen LogP contribution in [-0.4, -0.2) is 22.8 Å². The molecule has 3 heteroatoms. The van der Waals surface area contributed by atoms with Gasteiger partial charge in [-0.25, -0.2) is 0 Å². The van der Waals surface area contributed by atoms with E-state index < -0.39 is 11.7 Å². The highest BCUT2D eigenvalue weighted by atomic mass is 16.6. The Labute approximate surface area is 73.7 Å². The molecule has 0 aliphatic rings. The maximum Gasteiger partial charge on any atom is 0.308 e. The van der Waals surface area contributed by atoms with Crippen molar-refractivity contribution in [1.29, 1.82) is 0 Å². The molecule has 0 aliphatic heterocycles. The summed E-state index contributed by atoms with van der Waals surface area (Å²) in [6.07, 6.45) is 0.104. The smallest absolute Gasteiger partial charge is 0.308 e. The summed E-state index contributed by atoms with van der Waals surface area (Å²) in [4.78, 5) is 11.0. The summed E-state index contributed by atoms with van der Waals surface area (Å²) in [6, 6.07) is 0. The van der Waals surface area contributed by atoms with Gasteiger partial charge in [0.05, 0.1) is 12.5 Å². The summed E-state index contributed by atoms with van der Waals surface area (Å²) in [6.45, 7) is 7.25. The van der Waals surface area contributed by atoms with Crippen LogP contribution in [0.2, 0.25) is 0 Å². The quantitative estimate of drug-likeness (QED) is 0.659. The van der Waals surface area contributed by atoms with Crippen LogP contribution in [0.15, 0.2) is 0 Å². The zero-order chi connectivity index (χ0) is 9.78. The van der Waals surface area contributed by atoms with E-state index in [2.05, 4.69) is 0 Å². The molecular weight excluding hydrogens is 156 g/mol. The molecule has 0 unspecified atom stereocenters. The van der Waals surface area contributed by atoms with Gasteiger partial charge in [0.1, 0.15) is 5.60 Å². The van der Waals surface area contributed by atoms with Gasteiger partial charge in [-0.15, -0.1) is 0 Å². The minimum Gasteiger partial charge on any atom is -0.460 e. The van der Waals surface area contributed by atoms with Gasteiger partial charge in [-0.1, -0.05) is 6.92 Å². The Kier molecular flexibility index (Phi) is 4.24. The molecule has 0 saturated heterocycles. The van der Waals surface area contributed by atoms with Crippen molar-refractivity contribution >= 4 is 5.97 Å². The van der Waals surface area contributed by atoms with Crippen molar-refractivity contribution < 1.29 is 14.6 Å². The molecule has 72 valence electrons. The second-order valence-electron chi connectivity index (χ2n) is 3.85.